The molecule has 3 heterocycles. The van der Waals surface area contributed by atoms with Crippen LogP contribution in [0, 0.1) is 0 Å². The Morgan fingerprint density at radius 2 is 1.35 bits per heavy atom. The Morgan fingerprint density at radius 3 is 2.03 bits per heavy atom. The highest BCUT2D eigenvalue weighted by molar-refractivity contribution is 6.31. The Kier molecular flexibility index (Phi) is 5.78. The number of carbonyl (C=O) groups is 2. The summed E-state index contributed by atoms with van der Waals surface area (Å²) in [4.78, 5) is 34.7. The molecule has 0 aliphatic rings. The minimum Gasteiger partial charge on any atom is -0.481 e. The van der Waals surface area contributed by atoms with Crippen LogP contribution in [0.1, 0.15) is 29.6 Å². The molecule has 3 aromatic heterocycles. The van der Waals surface area contributed by atoms with Crippen molar-refractivity contribution in [2.24, 2.45) is 0 Å². The van der Waals surface area contributed by atoms with Gasteiger partial charge in [-0.05, 0) is 61.0 Å². The SMILES string of the molecule is O=C(O)CCCC(=O)c1c(-c2cc3cc(Cl)ccc3[nH]2)[nH]c2cc(-c3cc4cc(Cl)ccc4[nH]3)ccc12. The fourth-order valence-corrected chi connectivity index (χ4v) is 5.24. The highest BCUT2D eigenvalue weighted by Gasteiger charge is 2.22. The molecule has 0 fully saturated rings. The molecule has 0 amide bonds. The monoisotopic (exact) mass is 529 g/mol. The second kappa shape index (κ2) is 9.14. The number of halogens is 2. The van der Waals surface area contributed by atoms with Crippen molar-refractivity contribution in [2.45, 2.75) is 19.3 Å². The predicted octanol–water partition coefficient (Wildman–Crippen LogP) is 8.21. The lowest BCUT2D eigenvalue weighted by atomic mass is 9.99. The number of hydrogen-bond acceptors (Lipinski definition) is 2. The summed E-state index contributed by atoms with van der Waals surface area (Å²) in [6, 6.07) is 21.2. The molecule has 0 unspecified atom stereocenters. The normalized spacial score (nSPS) is 11.6. The van der Waals surface area contributed by atoms with E-state index in [2.05, 4.69) is 15.0 Å². The topological polar surface area (TPSA) is 102 Å². The summed E-state index contributed by atoms with van der Waals surface area (Å²) >= 11 is 12.3. The molecule has 0 aliphatic carbocycles. The van der Waals surface area contributed by atoms with Crippen LogP contribution in [0.25, 0.3) is 55.4 Å². The number of carbonyl (C=O) groups excluding carboxylic acids is 1. The standard InChI is InChI=1S/C29H21Cl2N3O3/c30-18-5-8-21-16(10-18)13-23(32-21)15-4-7-20-24(12-15)34-29(28(20)26(35)2-1-3-27(36)37)25-14-17-11-19(31)6-9-22(17)33-25/h4-14,32-34H,1-3H2,(H,36,37). The molecule has 37 heavy (non-hydrogen) atoms. The van der Waals surface area contributed by atoms with Crippen LogP contribution in [-0.4, -0.2) is 31.8 Å². The zero-order valence-electron chi connectivity index (χ0n) is 19.5. The Hall–Kier alpha value is -4.00. The molecule has 6 aromatic rings. The first-order chi connectivity index (χ1) is 17.9. The van der Waals surface area contributed by atoms with Gasteiger partial charge in [-0.1, -0.05) is 35.3 Å². The maximum atomic E-state index is 13.4. The van der Waals surface area contributed by atoms with Gasteiger partial charge >= 0.3 is 5.97 Å². The zero-order chi connectivity index (χ0) is 25.7. The van der Waals surface area contributed by atoms with Crippen molar-refractivity contribution in [1.82, 2.24) is 15.0 Å². The van der Waals surface area contributed by atoms with Gasteiger partial charge in [0.25, 0.3) is 0 Å². The molecular formula is C29H21Cl2N3O3. The minimum absolute atomic E-state index is 0.0527. The quantitative estimate of drug-likeness (QED) is 0.156. The Balaban J connectivity index is 1.48. The molecule has 0 radical (unpaired) electrons. The fraction of sp³-hybridized carbons (Fsp3) is 0.103. The van der Waals surface area contributed by atoms with Gasteiger partial charge in [0.1, 0.15) is 0 Å². The molecule has 3 aromatic carbocycles. The Morgan fingerprint density at radius 1 is 0.703 bits per heavy atom. The summed E-state index contributed by atoms with van der Waals surface area (Å²) in [5.74, 6) is -1.02. The van der Waals surface area contributed by atoms with Gasteiger partial charge < -0.3 is 20.1 Å². The van der Waals surface area contributed by atoms with Crippen molar-refractivity contribution in [3.63, 3.8) is 0 Å². The third-order valence-electron chi connectivity index (χ3n) is 6.62. The van der Waals surface area contributed by atoms with Crippen molar-refractivity contribution >= 4 is 67.7 Å². The number of H-pyrrole nitrogens is 3. The van der Waals surface area contributed by atoms with Gasteiger partial charge in [0.15, 0.2) is 5.78 Å². The molecule has 6 rings (SSSR count). The third kappa shape index (κ3) is 4.39. The highest BCUT2D eigenvalue weighted by Crippen LogP contribution is 2.36. The van der Waals surface area contributed by atoms with Crippen LogP contribution in [0.15, 0.2) is 66.7 Å². The summed E-state index contributed by atoms with van der Waals surface area (Å²) in [5.41, 5.74) is 6.57. The van der Waals surface area contributed by atoms with Crippen LogP contribution in [-0.2, 0) is 4.79 Å². The van der Waals surface area contributed by atoms with Crippen molar-refractivity contribution in [3.05, 3.63) is 82.3 Å². The number of nitrogens with one attached hydrogen (secondary N) is 3. The molecule has 6 nitrogen and oxygen atoms in total. The summed E-state index contributed by atoms with van der Waals surface area (Å²) in [7, 11) is 0. The molecular weight excluding hydrogens is 509 g/mol. The molecule has 0 spiro atoms. The van der Waals surface area contributed by atoms with E-state index in [1.165, 1.54) is 0 Å². The number of ketones is 1. The second-order valence-corrected chi connectivity index (χ2v) is 10.0. The molecule has 0 saturated carbocycles. The molecule has 0 aliphatic heterocycles. The maximum absolute atomic E-state index is 13.4. The van der Waals surface area contributed by atoms with Crippen LogP contribution in [0.2, 0.25) is 10.0 Å². The van der Waals surface area contributed by atoms with E-state index in [1.807, 2.05) is 66.7 Å². The number of aromatic amines is 3. The lowest BCUT2D eigenvalue weighted by Gasteiger charge is -2.03. The summed E-state index contributed by atoms with van der Waals surface area (Å²) in [5, 5.41) is 13.1. The molecule has 0 atom stereocenters. The van der Waals surface area contributed by atoms with E-state index in [0.717, 1.165) is 49.7 Å². The average molecular weight is 530 g/mol. The second-order valence-electron chi connectivity index (χ2n) is 9.14. The van der Waals surface area contributed by atoms with Crippen molar-refractivity contribution in [1.29, 1.82) is 0 Å². The van der Waals surface area contributed by atoms with E-state index in [0.29, 0.717) is 21.3 Å². The van der Waals surface area contributed by atoms with Gasteiger partial charge in [-0.25, -0.2) is 0 Å². The summed E-state index contributed by atoms with van der Waals surface area (Å²) < 4.78 is 0. The van der Waals surface area contributed by atoms with Crippen LogP contribution < -0.4 is 0 Å². The van der Waals surface area contributed by atoms with Gasteiger partial charge in [-0.2, -0.15) is 0 Å². The lowest BCUT2D eigenvalue weighted by molar-refractivity contribution is -0.137. The van der Waals surface area contributed by atoms with Crippen molar-refractivity contribution in [3.8, 4) is 22.6 Å². The highest BCUT2D eigenvalue weighted by atomic mass is 35.5. The zero-order valence-corrected chi connectivity index (χ0v) is 21.0. The maximum Gasteiger partial charge on any atom is 0.303 e. The molecule has 0 bridgehead atoms. The summed E-state index contributed by atoms with van der Waals surface area (Å²) in [6.45, 7) is 0. The Bertz CT molecular complexity index is 1840. The van der Waals surface area contributed by atoms with Crippen LogP contribution in [0.4, 0.5) is 0 Å². The number of carboxylic acid groups (broad SMARTS) is 1. The number of aliphatic carboxylic acids is 1. The number of aromatic nitrogens is 3. The van der Waals surface area contributed by atoms with Crippen molar-refractivity contribution < 1.29 is 14.7 Å². The molecule has 8 heteroatoms. The lowest BCUT2D eigenvalue weighted by Crippen LogP contribution is -2.03. The number of rotatable bonds is 7. The van der Waals surface area contributed by atoms with Gasteiger partial charge in [-0.15, -0.1) is 0 Å². The van der Waals surface area contributed by atoms with E-state index >= 15 is 0 Å². The Labute approximate surface area is 221 Å². The first-order valence-corrected chi connectivity index (χ1v) is 12.6. The van der Waals surface area contributed by atoms with Crippen LogP contribution in [0.5, 0.6) is 0 Å². The molecule has 4 N–H and O–H groups in total. The van der Waals surface area contributed by atoms with E-state index < -0.39 is 5.97 Å². The third-order valence-corrected chi connectivity index (χ3v) is 7.09. The average Bonchev–Trinajstić information content (AvgIpc) is 3.57. The van der Waals surface area contributed by atoms with Gasteiger partial charge in [0.2, 0.25) is 0 Å². The fourth-order valence-electron chi connectivity index (χ4n) is 4.88. The minimum atomic E-state index is -0.913. The predicted molar refractivity (Wildman–Crippen MR) is 149 cm³/mol. The largest absolute Gasteiger partial charge is 0.481 e. The number of hydrogen-bond donors (Lipinski definition) is 4. The van der Waals surface area contributed by atoms with Gasteiger partial charge in [0, 0.05) is 66.9 Å². The van der Waals surface area contributed by atoms with Crippen LogP contribution in [0.3, 0.4) is 0 Å². The van der Waals surface area contributed by atoms with Gasteiger partial charge in [0.05, 0.1) is 17.0 Å². The number of benzene rings is 3. The van der Waals surface area contributed by atoms with Crippen LogP contribution >= 0.6 is 23.2 Å². The van der Waals surface area contributed by atoms with E-state index in [-0.39, 0.29) is 25.0 Å². The van der Waals surface area contributed by atoms with E-state index in [4.69, 9.17) is 28.3 Å². The number of carboxylic acids is 1. The summed E-state index contributed by atoms with van der Waals surface area (Å²) in [6.07, 6.45) is 0.365. The molecule has 184 valence electrons. The first kappa shape index (κ1) is 23.4. The van der Waals surface area contributed by atoms with Gasteiger partial charge in [-0.3, -0.25) is 9.59 Å². The van der Waals surface area contributed by atoms with E-state index in [9.17, 15) is 9.59 Å². The van der Waals surface area contributed by atoms with E-state index in [1.54, 1.807) is 0 Å². The number of Topliss-reactive ketones (excluding diaryl/α,β-unsaturated/α-hetero) is 1. The molecule has 0 saturated heterocycles. The first-order valence-electron chi connectivity index (χ1n) is 11.8. The smallest absolute Gasteiger partial charge is 0.303 e. The number of fused-ring (bicyclic) bond motifs is 3. The van der Waals surface area contributed by atoms with Crippen molar-refractivity contribution in [2.75, 3.05) is 0 Å².